The zero-order chi connectivity index (χ0) is 13.7. The molecule has 5 heteroatoms. The number of rotatable bonds is 4. The highest BCUT2D eigenvalue weighted by Crippen LogP contribution is 2.14. The first-order valence-electron chi connectivity index (χ1n) is 5.85. The highest BCUT2D eigenvalue weighted by Gasteiger charge is 1.99. The third kappa shape index (κ3) is 4.37. The van der Waals surface area contributed by atoms with Crippen molar-refractivity contribution in [3.8, 4) is 0 Å². The molecule has 0 atom stereocenters. The van der Waals surface area contributed by atoms with E-state index in [0.29, 0.717) is 6.54 Å². The number of hydrogen-bond acceptors (Lipinski definition) is 3. The van der Waals surface area contributed by atoms with Crippen LogP contribution in [0.15, 0.2) is 47.1 Å². The van der Waals surface area contributed by atoms with Crippen LogP contribution < -0.4 is 10.6 Å². The Bertz CT molecular complexity index is 569. The molecule has 0 saturated heterocycles. The number of benzene rings is 1. The molecule has 0 aliphatic heterocycles. The Balaban J connectivity index is 1.99. The van der Waals surface area contributed by atoms with Crippen LogP contribution in [0.4, 0.5) is 11.5 Å². The lowest BCUT2D eigenvalue weighted by Gasteiger charge is -2.08. The van der Waals surface area contributed by atoms with Crippen molar-refractivity contribution in [2.24, 2.45) is 0 Å². The highest BCUT2D eigenvalue weighted by molar-refractivity contribution is 9.10. The van der Waals surface area contributed by atoms with E-state index in [4.69, 9.17) is 0 Å². The summed E-state index contributed by atoms with van der Waals surface area (Å²) in [4.78, 5) is 15.2. The second-order valence-electron chi connectivity index (χ2n) is 4.10. The first-order chi connectivity index (χ1) is 9.13. The minimum Gasteiger partial charge on any atom is -0.366 e. The number of carbonyl (C=O) groups is 1. The Kier molecular flexibility index (Phi) is 4.52. The van der Waals surface area contributed by atoms with E-state index in [-0.39, 0.29) is 5.91 Å². The van der Waals surface area contributed by atoms with Gasteiger partial charge in [-0.2, -0.15) is 0 Å². The Morgan fingerprint density at radius 2 is 2.16 bits per heavy atom. The van der Waals surface area contributed by atoms with E-state index in [1.807, 2.05) is 36.4 Å². The SMILES string of the molecule is CC(=O)Nc1cccc(CNc2ccc(Br)cn2)c1. The fourth-order valence-electron chi connectivity index (χ4n) is 1.64. The van der Waals surface area contributed by atoms with Crippen molar-refractivity contribution in [2.75, 3.05) is 10.6 Å². The zero-order valence-corrected chi connectivity index (χ0v) is 12.1. The summed E-state index contributed by atoms with van der Waals surface area (Å²) < 4.78 is 0.950. The Labute approximate surface area is 120 Å². The number of pyridine rings is 1. The van der Waals surface area contributed by atoms with Gasteiger partial charge in [0.2, 0.25) is 5.91 Å². The van der Waals surface area contributed by atoms with Crippen molar-refractivity contribution in [3.63, 3.8) is 0 Å². The van der Waals surface area contributed by atoms with Crippen molar-refractivity contribution in [2.45, 2.75) is 13.5 Å². The van der Waals surface area contributed by atoms with Gasteiger partial charge < -0.3 is 10.6 Å². The van der Waals surface area contributed by atoms with Crippen LogP contribution >= 0.6 is 15.9 Å². The molecule has 4 nitrogen and oxygen atoms in total. The van der Waals surface area contributed by atoms with Gasteiger partial charge in [0.05, 0.1) is 0 Å². The lowest BCUT2D eigenvalue weighted by atomic mass is 10.2. The van der Waals surface area contributed by atoms with Crippen LogP contribution in [0.3, 0.4) is 0 Å². The molecule has 1 aromatic carbocycles. The van der Waals surface area contributed by atoms with Crippen LogP contribution in [-0.4, -0.2) is 10.9 Å². The summed E-state index contributed by atoms with van der Waals surface area (Å²) in [5.41, 5.74) is 1.88. The average Bonchev–Trinajstić information content (AvgIpc) is 2.38. The monoisotopic (exact) mass is 319 g/mol. The first kappa shape index (κ1) is 13.5. The molecule has 98 valence electrons. The molecule has 1 heterocycles. The predicted octanol–water partition coefficient (Wildman–Crippen LogP) is 3.41. The van der Waals surface area contributed by atoms with Gasteiger partial charge >= 0.3 is 0 Å². The molecule has 0 bridgehead atoms. The van der Waals surface area contributed by atoms with E-state index in [2.05, 4.69) is 31.5 Å². The topological polar surface area (TPSA) is 54.0 Å². The molecule has 0 saturated carbocycles. The number of carbonyl (C=O) groups excluding carboxylic acids is 1. The van der Waals surface area contributed by atoms with Gasteiger partial charge in [0, 0.05) is 29.8 Å². The molecule has 0 unspecified atom stereocenters. The molecule has 2 rings (SSSR count). The van der Waals surface area contributed by atoms with Gasteiger partial charge in [0.25, 0.3) is 0 Å². The van der Waals surface area contributed by atoms with E-state index >= 15 is 0 Å². The standard InChI is InChI=1S/C14H14BrN3O/c1-10(19)18-13-4-2-3-11(7-13)8-16-14-6-5-12(15)9-17-14/h2-7,9H,8H2,1H3,(H,16,17)(H,18,19). The van der Waals surface area contributed by atoms with Gasteiger partial charge in [-0.25, -0.2) is 4.98 Å². The van der Waals surface area contributed by atoms with Gasteiger partial charge in [-0.3, -0.25) is 4.79 Å². The molecule has 0 spiro atoms. The average molecular weight is 320 g/mol. The van der Waals surface area contributed by atoms with E-state index in [9.17, 15) is 4.79 Å². The smallest absolute Gasteiger partial charge is 0.221 e. The molecule has 1 amide bonds. The summed E-state index contributed by atoms with van der Waals surface area (Å²) in [7, 11) is 0. The minimum atomic E-state index is -0.0697. The maximum Gasteiger partial charge on any atom is 0.221 e. The summed E-state index contributed by atoms with van der Waals surface area (Å²) in [5, 5.41) is 5.99. The van der Waals surface area contributed by atoms with Crippen molar-refractivity contribution in [1.82, 2.24) is 4.98 Å². The van der Waals surface area contributed by atoms with Gasteiger partial charge in [0.1, 0.15) is 5.82 Å². The third-order valence-corrected chi connectivity index (χ3v) is 2.92. The van der Waals surface area contributed by atoms with Crippen LogP contribution in [0.2, 0.25) is 0 Å². The maximum atomic E-state index is 11.0. The number of amides is 1. The van der Waals surface area contributed by atoms with Crippen molar-refractivity contribution < 1.29 is 4.79 Å². The molecule has 0 radical (unpaired) electrons. The quantitative estimate of drug-likeness (QED) is 0.908. The van der Waals surface area contributed by atoms with Crippen LogP contribution in [0.25, 0.3) is 0 Å². The second-order valence-corrected chi connectivity index (χ2v) is 5.01. The van der Waals surface area contributed by atoms with Gasteiger partial charge in [-0.1, -0.05) is 12.1 Å². The van der Waals surface area contributed by atoms with Crippen molar-refractivity contribution >= 4 is 33.3 Å². The molecule has 2 aromatic rings. The number of halogens is 1. The number of nitrogens with one attached hydrogen (secondary N) is 2. The molecule has 2 N–H and O–H groups in total. The number of hydrogen-bond donors (Lipinski definition) is 2. The summed E-state index contributed by atoms with van der Waals surface area (Å²) in [6, 6.07) is 11.6. The summed E-state index contributed by atoms with van der Waals surface area (Å²) in [6.07, 6.45) is 1.75. The van der Waals surface area contributed by atoms with Gasteiger partial charge in [0.15, 0.2) is 0 Å². The normalized spacial score (nSPS) is 10.0. The number of aromatic nitrogens is 1. The maximum absolute atomic E-state index is 11.0. The zero-order valence-electron chi connectivity index (χ0n) is 10.5. The Morgan fingerprint density at radius 3 is 2.84 bits per heavy atom. The number of nitrogens with zero attached hydrogens (tertiary/aromatic N) is 1. The molecule has 0 fully saturated rings. The third-order valence-electron chi connectivity index (χ3n) is 2.45. The van der Waals surface area contributed by atoms with E-state index in [1.165, 1.54) is 6.92 Å². The molecule has 0 aliphatic rings. The summed E-state index contributed by atoms with van der Waals surface area (Å²) >= 11 is 3.34. The van der Waals surface area contributed by atoms with E-state index < -0.39 is 0 Å². The molecule has 0 aliphatic carbocycles. The van der Waals surface area contributed by atoms with Gasteiger partial charge in [-0.15, -0.1) is 0 Å². The Hall–Kier alpha value is -1.88. The minimum absolute atomic E-state index is 0.0697. The lowest BCUT2D eigenvalue weighted by molar-refractivity contribution is -0.114. The predicted molar refractivity (Wildman–Crippen MR) is 80.0 cm³/mol. The van der Waals surface area contributed by atoms with Crippen molar-refractivity contribution in [3.05, 3.63) is 52.6 Å². The van der Waals surface area contributed by atoms with Crippen LogP contribution in [-0.2, 0) is 11.3 Å². The second kappa shape index (κ2) is 6.33. The molecule has 19 heavy (non-hydrogen) atoms. The first-order valence-corrected chi connectivity index (χ1v) is 6.65. The summed E-state index contributed by atoms with van der Waals surface area (Å²) in [5.74, 6) is 0.743. The van der Waals surface area contributed by atoms with Crippen LogP contribution in [0.1, 0.15) is 12.5 Å². The van der Waals surface area contributed by atoms with E-state index in [1.54, 1.807) is 6.20 Å². The highest BCUT2D eigenvalue weighted by atomic mass is 79.9. The molecule has 1 aromatic heterocycles. The van der Waals surface area contributed by atoms with Crippen LogP contribution in [0, 0.1) is 0 Å². The Morgan fingerprint density at radius 1 is 1.32 bits per heavy atom. The largest absolute Gasteiger partial charge is 0.366 e. The summed E-state index contributed by atoms with van der Waals surface area (Å²) in [6.45, 7) is 2.15. The van der Waals surface area contributed by atoms with Crippen molar-refractivity contribution in [1.29, 1.82) is 0 Å². The fourth-order valence-corrected chi connectivity index (χ4v) is 1.87. The molecular weight excluding hydrogens is 306 g/mol. The van der Waals surface area contributed by atoms with Crippen LogP contribution in [0.5, 0.6) is 0 Å². The van der Waals surface area contributed by atoms with Gasteiger partial charge in [-0.05, 0) is 45.8 Å². The number of anilines is 2. The molecular formula is C14H14BrN3O. The fraction of sp³-hybridized carbons (Fsp3) is 0.143. The lowest BCUT2D eigenvalue weighted by Crippen LogP contribution is -2.07. The van der Waals surface area contributed by atoms with E-state index in [0.717, 1.165) is 21.5 Å².